The predicted molar refractivity (Wildman–Crippen MR) is 102 cm³/mol. The van der Waals surface area contributed by atoms with Crippen LogP contribution in [-0.2, 0) is 22.6 Å². The molecule has 0 fully saturated rings. The molecule has 146 valence electrons. The van der Waals surface area contributed by atoms with E-state index in [1.165, 1.54) is 16.9 Å². The monoisotopic (exact) mass is 405 g/mol. The zero-order chi connectivity index (χ0) is 20.5. The second kappa shape index (κ2) is 7.51. The zero-order valence-corrected chi connectivity index (χ0v) is 15.9. The molecule has 0 bridgehead atoms. The SMILES string of the molecule is Cn1cc(C(=O)Nc2cccc(CS(C)(=O)=O)c2)c(-c2ccc(F)cc2F)n1. The van der Waals surface area contributed by atoms with Gasteiger partial charge in [-0.3, -0.25) is 9.48 Å². The van der Waals surface area contributed by atoms with Gasteiger partial charge >= 0.3 is 0 Å². The second-order valence-corrected chi connectivity index (χ2v) is 8.55. The topological polar surface area (TPSA) is 81.1 Å². The molecule has 0 unspecified atom stereocenters. The van der Waals surface area contributed by atoms with E-state index in [9.17, 15) is 22.0 Å². The number of carbonyl (C=O) groups is 1. The van der Waals surface area contributed by atoms with Crippen molar-refractivity contribution in [1.82, 2.24) is 9.78 Å². The van der Waals surface area contributed by atoms with Gasteiger partial charge in [-0.25, -0.2) is 17.2 Å². The summed E-state index contributed by atoms with van der Waals surface area (Å²) in [5.74, 6) is -2.27. The number of amides is 1. The Balaban J connectivity index is 1.91. The zero-order valence-electron chi connectivity index (χ0n) is 15.1. The number of sulfone groups is 1. The summed E-state index contributed by atoms with van der Waals surface area (Å²) < 4.78 is 51.6. The number of benzene rings is 2. The van der Waals surface area contributed by atoms with Crippen LogP contribution in [0.5, 0.6) is 0 Å². The van der Waals surface area contributed by atoms with E-state index in [-0.39, 0.29) is 22.6 Å². The van der Waals surface area contributed by atoms with E-state index in [1.807, 2.05) is 0 Å². The number of hydrogen-bond donors (Lipinski definition) is 1. The maximum Gasteiger partial charge on any atom is 0.259 e. The van der Waals surface area contributed by atoms with Gasteiger partial charge in [-0.1, -0.05) is 12.1 Å². The molecular formula is C19H17F2N3O3S. The number of nitrogens with zero attached hydrogens (tertiary/aromatic N) is 2. The van der Waals surface area contributed by atoms with E-state index in [1.54, 1.807) is 31.3 Å². The summed E-state index contributed by atoms with van der Waals surface area (Å²) in [6.45, 7) is 0. The Morgan fingerprint density at radius 3 is 2.61 bits per heavy atom. The third-order valence-electron chi connectivity index (χ3n) is 3.87. The smallest absolute Gasteiger partial charge is 0.259 e. The largest absolute Gasteiger partial charge is 0.322 e. The van der Waals surface area contributed by atoms with E-state index in [2.05, 4.69) is 10.4 Å². The van der Waals surface area contributed by atoms with Crippen LogP contribution in [0.25, 0.3) is 11.3 Å². The van der Waals surface area contributed by atoms with Gasteiger partial charge in [-0.2, -0.15) is 5.10 Å². The standard InChI is InChI=1S/C19H17F2N3O3S/c1-24-10-16(18(23-24)15-7-6-13(20)9-17(15)21)19(25)22-14-5-3-4-12(8-14)11-28(2,26)27/h3-10H,11H2,1-2H3,(H,22,25). The summed E-state index contributed by atoms with van der Waals surface area (Å²) in [6, 6.07) is 9.45. The molecule has 1 N–H and O–H groups in total. The summed E-state index contributed by atoms with van der Waals surface area (Å²) in [6.07, 6.45) is 2.55. The van der Waals surface area contributed by atoms with Crippen molar-refractivity contribution in [2.75, 3.05) is 11.6 Å². The van der Waals surface area contributed by atoms with E-state index in [0.717, 1.165) is 18.4 Å². The van der Waals surface area contributed by atoms with Gasteiger partial charge in [-0.15, -0.1) is 0 Å². The first-order valence-electron chi connectivity index (χ1n) is 8.19. The van der Waals surface area contributed by atoms with Crippen molar-refractivity contribution in [3.05, 3.63) is 71.4 Å². The van der Waals surface area contributed by atoms with Gasteiger partial charge in [0, 0.05) is 36.8 Å². The van der Waals surface area contributed by atoms with Crippen LogP contribution < -0.4 is 5.32 Å². The average molecular weight is 405 g/mol. The maximum atomic E-state index is 14.1. The van der Waals surface area contributed by atoms with Gasteiger partial charge in [0.1, 0.15) is 17.3 Å². The number of nitrogens with one attached hydrogen (secondary N) is 1. The van der Waals surface area contributed by atoms with Crippen LogP contribution in [0.3, 0.4) is 0 Å². The van der Waals surface area contributed by atoms with Crippen molar-refractivity contribution >= 4 is 21.4 Å². The molecule has 0 saturated heterocycles. The third-order valence-corrected chi connectivity index (χ3v) is 4.73. The van der Waals surface area contributed by atoms with Crippen molar-refractivity contribution in [3.63, 3.8) is 0 Å². The second-order valence-electron chi connectivity index (χ2n) is 6.41. The Hall–Kier alpha value is -3.07. The number of rotatable bonds is 5. The Morgan fingerprint density at radius 1 is 1.18 bits per heavy atom. The fraction of sp³-hybridized carbons (Fsp3) is 0.158. The third kappa shape index (κ3) is 4.61. The van der Waals surface area contributed by atoms with Crippen molar-refractivity contribution < 1.29 is 22.0 Å². The first-order valence-corrected chi connectivity index (χ1v) is 10.3. The predicted octanol–water partition coefficient (Wildman–Crippen LogP) is 3.16. The van der Waals surface area contributed by atoms with Crippen LogP contribution in [0.1, 0.15) is 15.9 Å². The minimum Gasteiger partial charge on any atom is -0.322 e. The molecule has 0 aliphatic carbocycles. The van der Waals surface area contributed by atoms with E-state index < -0.39 is 27.4 Å². The minimum absolute atomic E-state index is 0.00187. The lowest BCUT2D eigenvalue weighted by molar-refractivity contribution is 0.102. The quantitative estimate of drug-likeness (QED) is 0.707. The Labute approximate surface area is 160 Å². The summed E-state index contributed by atoms with van der Waals surface area (Å²) in [4.78, 5) is 12.7. The van der Waals surface area contributed by atoms with Crippen LogP contribution >= 0.6 is 0 Å². The van der Waals surface area contributed by atoms with Crippen LogP contribution in [0.2, 0.25) is 0 Å². The highest BCUT2D eigenvalue weighted by molar-refractivity contribution is 7.89. The number of aromatic nitrogens is 2. The highest BCUT2D eigenvalue weighted by Crippen LogP contribution is 2.26. The molecule has 3 rings (SSSR count). The molecule has 9 heteroatoms. The van der Waals surface area contributed by atoms with E-state index in [4.69, 9.17) is 0 Å². The van der Waals surface area contributed by atoms with Crippen LogP contribution in [0.4, 0.5) is 14.5 Å². The molecule has 0 radical (unpaired) electrons. The number of aryl methyl sites for hydroxylation is 1. The molecule has 28 heavy (non-hydrogen) atoms. The fourth-order valence-corrected chi connectivity index (χ4v) is 3.56. The molecule has 0 aliphatic heterocycles. The molecule has 3 aromatic rings. The van der Waals surface area contributed by atoms with Gasteiger partial charge in [0.15, 0.2) is 9.84 Å². The molecule has 0 aliphatic rings. The lowest BCUT2D eigenvalue weighted by Gasteiger charge is -2.08. The molecule has 1 amide bonds. The van der Waals surface area contributed by atoms with Crippen molar-refractivity contribution in [1.29, 1.82) is 0 Å². The normalized spacial score (nSPS) is 11.4. The summed E-state index contributed by atoms with van der Waals surface area (Å²) in [7, 11) is -1.64. The molecule has 1 heterocycles. The molecule has 1 aromatic heterocycles. The van der Waals surface area contributed by atoms with E-state index in [0.29, 0.717) is 11.3 Å². The summed E-state index contributed by atoms with van der Waals surface area (Å²) >= 11 is 0. The number of carbonyl (C=O) groups excluding carboxylic acids is 1. The van der Waals surface area contributed by atoms with Crippen LogP contribution in [-0.4, -0.2) is 30.4 Å². The lowest BCUT2D eigenvalue weighted by atomic mass is 10.1. The summed E-state index contributed by atoms with van der Waals surface area (Å²) in [5, 5.41) is 6.77. The first kappa shape index (κ1) is 19.7. The van der Waals surface area contributed by atoms with Crippen LogP contribution in [0, 0.1) is 11.6 Å². The van der Waals surface area contributed by atoms with Gasteiger partial charge in [-0.05, 0) is 29.8 Å². The molecule has 0 saturated carbocycles. The highest BCUT2D eigenvalue weighted by atomic mass is 32.2. The van der Waals surface area contributed by atoms with Crippen molar-refractivity contribution in [2.45, 2.75) is 5.75 Å². The van der Waals surface area contributed by atoms with Gasteiger partial charge in [0.25, 0.3) is 5.91 Å². The highest BCUT2D eigenvalue weighted by Gasteiger charge is 2.20. The van der Waals surface area contributed by atoms with Gasteiger partial charge in [0.2, 0.25) is 0 Å². The van der Waals surface area contributed by atoms with Gasteiger partial charge < -0.3 is 5.32 Å². The Morgan fingerprint density at radius 2 is 1.93 bits per heavy atom. The average Bonchev–Trinajstić information content (AvgIpc) is 2.95. The van der Waals surface area contributed by atoms with Gasteiger partial charge in [0.05, 0.1) is 11.3 Å². The molecular weight excluding hydrogens is 388 g/mol. The fourth-order valence-electron chi connectivity index (χ4n) is 2.78. The Kier molecular flexibility index (Phi) is 5.28. The molecule has 2 aromatic carbocycles. The maximum absolute atomic E-state index is 14.1. The van der Waals surface area contributed by atoms with Crippen molar-refractivity contribution in [3.8, 4) is 11.3 Å². The number of anilines is 1. The number of hydrogen-bond acceptors (Lipinski definition) is 4. The Bertz CT molecular complexity index is 1160. The number of halogens is 2. The van der Waals surface area contributed by atoms with Crippen LogP contribution in [0.15, 0.2) is 48.7 Å². The molecule has 0 spiro atoms. The summed E-state index contributed by atoms with van der Waals surface area (Å²) in [5.41, 5.74) is 1.08. The lowest BCUT2D eigenvalue weighted by Crippen LogP contribution is -2.13. The van der Waals surface area contributed by atoms with E-state index >= 15 is 0 Å². The molecule has 6 nitrogen and oxygen atoms in total. The van der Waals surface area contributed by atoms with Crippen molar-refractivity contribution in [2.24, 2.45) is 7.05 Å². The first-order chi connectivity index (χ1) is 13.1. The minimum atomic E-state index is -3.22. The molecule has 0 atom stereocenters.